The van der Waals surface area contributed by atoms with E-state index < -0.39 is 0 Å². The number of anilines is 1. The Hall–Kier alpha value is -2.29. The lowest BCUT2D eigenvalue weighted by atomic mass is 9.83. The first-order chi connectivity index (χ1) is 10.2. The fourth-order valence-corrected chi connectivity index (χ4v) is 3.09. The van der Waals surface area contributed by atoms with Crippen molar-refractivity contribution in [3.63, 3.8) is 0 Å². The summed E-state index contributed by atoms with van der Waals surface area (Å²) in [7, 11) is 0. The average Bonchev–Trinajstić information content (AvgIpc) is 2.53. The van der Waals surface area contributed by atoms with Gasteiger partial charge in [0, 0.05) is 23.7 Å². The van der Waals surface area contributed by atoms with Crippen LogP contribution >= 0.6 is 0 Å². The molecule has 1 atom stereocenters. The fourth-order valence-electron chi connectivity index (χ4n) is 3.09. The van der Waals surface area contributed by atoms with E-state index >= 15 is 0 Å². The molecule has 0 bridgehead atoms. The van der Waals surface area contributed by atoms with Crippen LogP contribution in [-0.4, -0.2) is 12.5 Å². The molecule has 3 rings (SSSR count). The van der Waals surface area contributed by atoms with Gasteiger partial charge in [0.15, 0.2) is 0 Å². The zero-order valence-electron chi connectivity index (χ0n) is 12.0. The van der Waals surface area contributed by atoms with E-state index in [4.69, 9.17) is 5.73 Å². The van der Waals surface area contributed by atoms with E-state index in [0.29, 0.717) is 11.5 Å². The number of rotatable bonds is 4. The predicted octanol–water partition coefficient (Wildman–Crippen LogP) is 3.32. The predicted molar refractivity (Wildman–Crippen MR) is 85.6 cm³/mol. The Balaban J connectivity index is 1.71. The van der Waals surface area contributed by atoms with E-state index in [1.807, 2.05) is 18.2 Å². The molecule has 2 aromatic carbocycles. The summed E-state index contributed by atoms with van der Waals surface area (Å²) in [5.74, 6) is 0.147. The maximum atomic E-state index is 11.2. The summed E-state index contributed by atoms with van der Waals surface area (Å²) in [6, 6.07) is 16.1. The molecule has 21 heavy (non-hydrogen) atoms. The summed E-state index contributed by atoms with van der Waals surface area (Å²) in [4.78, 5) is 11.2. The topological polar surface area (TPSA) is 55.1 Å². The number of aryl methyl sites for hydroxylation is 1. The minimum Gasteiger partial charge on any atom is -0.384 e. The Morgan fingerprint density at radius 2 is 2.05 bits per heavy atom. The van der Waals surface area contributed by atoms with Crippen LogP contribution in [0.5, 0.6) is 0 Å². The molecule has 0 fully saturated rings. The molecule has 3 nitrogen and oxygen atoms in total. The molecular weight excluding hydrogens is 260 g/mol. The Kier molecular flexibility index (Phi) is 3.91. The normalized spacial score (nSPS) is 17.0. The van der Waals surface area contributed by atoms with Gasteiger partial charge in [0.2, 0.25) is 5.91 Å². The van der Waals surface area contributed by atoms with Crippen LogP contribution in [0.25, 0.3) is 0 Å². The van der Waals surface area contributed by atoms with Gasteiger partial charge in [0.05, 0.1) is 0 Å². The molecule has 2 aromatic rings. The second-order valence-corrected chi connectivity index (χ2v) is 5.61. The van der Waals surface area contributed by atoms with Crippen LogP contribution in [0.2, 0.25) is 0 Å². The highest BCUT2D eigenvalue weighted by Crippen LogP contribution is 2.31. The van der Waals surface area contributed by atoms with Crippen LogP contribution in [-0.2, 0) is 6.42 Å². The van der Waals surface area contributed by atoms with Crippen molar-refractivity contribution in [2.75, 3.05) is 11.9 Å². The standard InChI is InChI=1S/C18H20N2O/c19-18(21)14-7-4-9-16(11-14)20-12-15-8-3-6-13-5-1-2-10-17(13)15/h1-2,4-5,7,9-11,15,20H,3,6,8,12H2,(H2,19,21). The van der Waals surface area contributed by atoms with E-state index in [1.54, 1.807) is 6.07 Å². The molecule has 0 spiro atoms. The summed E-state index contributed by atoms with van der Waals surface area (Å²) in [6.07, 6.45) is 3.63. The highest BCUT2D eigenvalue weighted by atomic mass is 16.1. The first-order valence-electron chi connectivity index (χ1n) is 7.45. The van der Waals surface area contributed by atoms with E-state index in [0.717, 1.165) is 12.2 Å². The highest BCUT2D eigenvalue weighted by Gasteiger charge is 2.19. The summed E-state index contributed by atoms with van der Waals surface area (Å²) in [6.45, 7) is 0.888. The molecule has 0 saturated carbocycles. The SMILES string of the molecule is NC(=O)c1cccc(NCC2CCCc3ccccc32)c1. The van der Waals surface area contributed by atoms with E-state index in [-0.39, 0.29) is 5.91 Å². The van der Waals surface area contributed by atoms with Gasteiger partial charge in [-0.2, -0.15) is 0 Å². The Bertz CT molecular complexity index is 651. The molecule has 1 unspecified atom stereocenters. The zero-order chi connectivity index (χ0) is 14.7. The van der Waals surface area contributed by atoms with Gasteiger partial charge >= 0.3 is 0 Å². The Labute approximate surface area is 125 Å². The number of amides is 1. The van der Waals surface area contributed by atoms with Crippen molar-refractivity contribution in [3.05, 3.63) is 65.2 Å². The van der Waals surface area contributed by atoms with Gasteiger partial charge in [-0.1, -0.05) is 30.3 Å². The van der Waals surface area contributed by atoms with Crippen molar-refractivity contribution in [2.45, 2.75) is 25.2 Å². The third-order valence-electron chi connectivity index (χ3n) is 4.19. The lowest BCUT2D eigenvalue weighted by molar-refractivity contribution is 0.100. The van der Waals surface area contributed by atoms with Gasteiger partial charge in [-0.05, 0) is 48.6 Å². The number of hydrogen-bond donors (Lipinski definition) is 2. The van der Waals surface area contributed by atoms with Crippen molar-refractivity contribution in [1.29, 1.82) is 0 Å². The molecule has 1 amide bonds. The number of nitrogens with one attached hydrogen (secondary N) is 1. The lowest BCUT2D eigenvalue weighted by Gasteiger charge is -2.26. The molecular formula is C18H20N2O. The first kappa shape index (κ1) is 13.7. The quantitative estimate of drug-likeness (QED) is 0.902. The van der Waals surface area contributed by atoms with Gasteiger partial charge in [0.1, 0.15) is 0 Å². The maximum Gasteiger partial charge on any atom is 0.248 e. The van der Waals surface area contributed by atoms with Crippen LogP contribution in [0.4, 0.5) is 5.69 Å². The molecule has 0 saturated heterocycles. The first-order valence-corrected chi connectivity index (χ1v) is 7.45. The Morgan fingerprint density at radius 3 is 2.90 bits per heavy atom. The number of carbonyl (C=O) groups is 1. The molecule has 3 N–H and O–H groups in total. The number of carbonyl (C=O) groups excluding carboxylic acids is 1. The van der Waals surface area contributed by atoms with Gasteiger partial charge in [-0.3, -0.25) is 4.79 Å². The van der Waals surface area contributed by atoms with Crippen molar-refractivity contribution in [1.82, 2.24) is 0 Å². The second-order valence-electron chi connectivity index (χ2n) is 5.61. The fraction of sp³-hybridized carbons (Fsp3) is 0.278. The smallest absolute Gasteiger partial charge is 0.248 e. The van der Waals surface area contributed by atoms with Gasteiger partial charge in [0.25, 0.3) is 0 Å². The summed E-state index contributed by atoms with van der Waals surface area (Å²) in [5, 5.41) is 3.44. The molecule has 1 aliphatic carbocycles. The lowest BCUT2D eigenvalue weighted by Crippen LogP contribution is -2.18. The van der Waals surface area contributed by atoms with Gasteiger partial charge < -0.3 is 11.1 Å². The molecule has 0 heterocycles. The van der Waals surface area contributed by atoms with Crippen LogP contribution in [0.15, 0.2) is 48.5 Å². The van der Waals surface area contributed by atoms with Crippen LogP contribution < -0.4 is 11.1 Å². The molecule has 0 radical (unpaired) electrons. The minimum atomic E-state index is -0.387. The average molecular weight is 280 g/mol. The molecule has 0 aliphatic heterocycles. The molecule has 108 valence electrons. The van der Waals surface area contributed by atoms with Crippen molar-refractivity contribution >= 4 is 11.6 Å². The van der Waals surface area contributed by atoms with E-state index in [2.05, 4.69) is 29.6 Å². The number of primary amides is 1. The van der Waals surface area contributed by atoms with Crippen LogP contribution in [0.3, 0.4) is 0 Å². The third kappa shape index (κ3) is 3.07. The van der Waals surface area contributed by atoms with Crippen molar-refractivity contribution in [3.8, 4) is 0 Å². The number of fused-ring (bicyclic) bond motifs is 1. The molecule has 3 heteroatoms. The number of hydrogen-bond acceptors (Lipinski definition) is 2. The van der Waals surface area contributed by atoms with Crippen molar-refractivity contribution in [2.24, 2.45) is 5.73 Å². The minimum absolute atomic E-state index is 0.387. The molecule has 0 aromatic heterocycles. The van der Waals surface area contributed by atoms with Gasteiger partial charge in [-0.25, -0.2) is 0 Å². The highest BCUT2D eigenvalue weighted by molar-refractivity contribution is 5.93. The Morgan fingerprint density at radius 1 is 1.19 bits per heavy atom. The zero-order valence-corrected chi connectivity index (χ0v) is 12.0. The monoisotopic (exact) mass is 280 g/mol. The number of nitrogens with two attached hydrogens (primary N) is 1. The second kappa shape index (κ2) is 6.00. The van der Waals surface area contributed by atoms with Crippen LogP contribution in [0, 0.1) is 0 Å². The van der Waals surface area contributed by atoms with E-state index in [9.17, 15) is 4.79 Å². The maximum absolute atomic E-state index is 11.2. The summed E-state index contributed by atoms with van der Waals surface area (Å²) in [5.41, 5.74) is 9.75. The van der Waals surface area contributed by atoms with Crippen molar-refractivity contribution < 1.29 is 4.79 Å². The largest absolute Gasteiger partial charge is 0.384 e. The van der Waals surface area contributed by atoms with Crippen LogP contribution in [0.1, 0.15) is 40.2 Å². The van der Waals surface area contributed by atoms with Gasteiger partial charge in [-0.15, -0.1) is 0 Å². The summed E-state index contributed by atoms with van der Waals surface area (Å²) < 4.78 is 0. The summed E-state index contributed by atoms with van der Waals surface area (Å²) >= 11 is 0. The molecule has 1 aliphatic rings. The number of benzene rings is 2. The van der Waals surface area contributed by atoms with E-state index in [1.165, 1.54) is 30.4 Å². The third-order valence-corrected chi connectivity index (χ3v) is 4.19.